The van der Waals surface area contributed by atoms with Crippen LogP contribution in [0.25, 0.3) is 22.5 Å². The lowest BCUT2D eigenvalue weighted by Crippen LogP contribution is -2.47. The number of aromatic nitrogens is 4. The van der Waals surface area contributed by atoms with Gasteiger partial charge in [0.05, 0.1) is 36.9 Å². The van der Waals surface area contributed by atoms with Crippen molar-refractivity contribution in [2.24, 2.45) is 0 Å². The molecule has 0 fully saturated rings. The van der Waals surface area contributed by atoms with E-state index >= 15 is 0 Å². The first-order valence-electron chi connectivity index (χ1n) is 21.2. The van der Waals surface area contributed by atoms with Crippen molar-refractivity contribution in [3.63, 3.8) is 0 Å². The quantitative estimate of drug-likeness (QED) is 0.103. The summed E-state index contributed by atoms with van der Waals surface area (Å²) in [6, 6.07) is 15.1. The van der Waals surface area contributed by atoms with E-state index in [9.17, 15) is 9.59 Å². The van der Waals surface area contributed by atoms with Gasteiger partial charge < -0.3 is 24.5 Å². The van der Waals surface area contributed by atoms with Crippen LogP contribution in [0.3, 0.4) is 0 Å². The molecule has 0 aliphatic heterocycles. The van der Waals surface area contributed by atoms with Gasteiger partial charge in [-0.25, -0.2) is 9.97 Å². The summed E-state index contributed by atoms with van der Waals surface area (Å²) >= 11 is 0. The number of carbonyl (C=O) groups is 2. The molecule has 11 nitrogen and oxygen atoms in total. The molecule has 2 atom stereocenters. The Bertz CT molecular complexity index is 2090. The maximum Gasteiger partial charge on any atom is 0.244 e. The van der Waals surface area contributed by atoms with Gasteiger partial charge in [-0.15, -0.1) is 0 Å². The summed E-state index contributed by atoms with van der Waals surface area (Å²) in [6.45, 7) is 10.3. The van der Waals surface area contributed by atoms with E-state index in [0.29, 0.717) is 37.7 Å². The van der Waals surface area contributed by atoms with Crippen LogP contribution in [0.15, 0.2) is 109 Å². The van der Waals surface area contributed by atoms with Gasteiger partial charge in [0.15, 0.2) is 0 Å². The third-order valence-corrected chi connectivity index (χ3v) is 10.3. The summed E-state index contributed by atoms with van der Waals surface area (Å²) in [4.78, 5) is 51.7. The van der Waals surface area contributed by atoms with Gasteiger partial charge in [-0.2, -0.15) is 0 Å². The lowest BCUT2D eigenvalue weighted by Gasteiger charge is -2.31. The van der Waals surface area contributed by atoms with E-state index < -0.39 is 0 Å². The summed E-state index contributed by atoms with van der Waals surface area (Å²) in [6.07, 6.45) is 22.1. The molecule has 0 radical (unpaired) electrons. The molecule has 11 heteroatoms. The van der Waals surface area contributed by atoms with E-state index in [4.69, 9.17) is 4.74 Å². The van der Waals surface area contributed by atoms with Crippen molar-refractivity contribution >= 4 is 11.8 Å². The standard InChI is InChI=1S/C46H58N8O3.C2H6/c1-7-26-53(45(55)43(51(3)4)34-16-11-9-12-17-34)31-41-47-29-39(49-41)33-22-24-37(25-23-33)57-38-21-15-20-36(28-38)40-30-48-42(50-40)32-54(27-8-2)46(56)44(52(5)6)35-18-13-10-14-19-35;1-2/h11,13,15-25,28-30,43-44H,7-10,12,14,26-27,31-32H2,1-6H3,(H,47,49)(H,48,50);1-2H3. The van der Waals surface area contributed by atoms with Crippen LogP contribution in [-0.4, -0.2) is 105 Å². The zero-order valence-electron chi connectivity index (χ0n) is 36.4. The molecule has 314 valence electrons. The number of amides is 2. The molecule has 2 aromatic carbocycles. The molecule has 2 N–H and O–H groups in total. The lowest BCUT2D eigenvalue weighted by atomic mass is 9.98. The number of nitrogens with zero attached hydrogens (tertiary/aromatic N) is 6. The van der Waals surface area contributed by atoms with Crippen molar-refractivity contribution in [2.45, 2.75) is 91.4 Å². The Labute approximate surface area is 351 Å². The van der Waals surface area contributed by atoms with Gasteiger partial charge >= 0.3 is 0 Å². The van der Waals surface area contributed by atoms with E-state index in [1.54, 1.807) is 0 Å². The smallest absolute Gasteiger partial charge is 0.244 e. The Morgan fingerprint density at radius 2 is 1.15 bits per heavy atom. The molecule has 6 rings (SSSR count). The van der Waals surface area contributed by atoms with Crippen LogP contribution in [0.2, 0.25) is 0 Å². The zero-order valence-corrected chi connectivity index (χ0v) is 36.4. The second-order valence-electron chi connectivity index (χ2n) is 15.3. The number of carbonyl (C=O) groups excluding carboxylic acids is 2. The minimum absolute atomic E-state index is 0.0803. The highest BCUT2D eigenvalue weighted by molar-refractivity contribution is 5.86. The third kappa shape index (κ3) is 11.8. The topological polar surface area (TPSA) is 114 Å². The number of hydrogen-bond donors (Lipinski definition) is 2. The van der Waals surface area contributed by atoms with Crippen LogP contribution in [0.4, 0.5) is 0 Å². The number of ether oxygens (including phenoxy) is 1. The first kappa shape index (κ1) is 44.6. The Hall–Kier alpha value is -5.52. The first-order chi connectivity index (χ1) is 28.6. The van der Waals surface area contributed by atoms with E-state index in [1.807, 2.05) is 123 Å². The van der Waals surface area contributed by atoms with Crippen LogP contribution >= 0.6 is 0 Å². The summed E-state index contributed by atoms with van der Waals surface area (Å²) < 4.78 is 6.29. The molecule has 2 aliphatic rings. The highest BCUT2D eigenvalue weighted by atomic mass is 16.5. The van der Waals surface area contributed by atoms with Crippen molar-refractivity contribution in [1.29, 1.82) is 0 Å². The maximum atomic E-state index is 13.9. The highest BCUT2D eigenvalue weighted by Crippen LogP contribution is 2.29. The largest absolute Gasteiger partial charge is 0.457 e. The second-order valence-corrected chi connectivity index (χ2v) is 15.3. The van der Waals surface area contributed by atoms with Gasteiger partial charge in [-0.05, 0) is 120 Å². The Balaban J connectivity index is 0.00000326. The van der Waals surface area contributed by atoms with E-state index in [-0.39, 0.29) is 23.9 Å². The second kappa shape index (κ2) is 22.0. The summed E-state index contributed by atoms with van der Waals surface area (Å²) in [5.74, 6) is 3.04. The van der Waals surface area contributed by atoms with E-state index in [0.717, 1.165) is 83.8 Å². The predicted molar refractivity (Wildman–Crippen MR) is 239 cm³/mol. The SMILES string of the molecule is CC.CCCN(Cc1ncc(-c2ccc(Oc3cccc(-c4cnc(CN(CCC)C(=O)C(C5=CCCC=C5)N(C)C)[nH]4)c3)cc2)[nH]1)C(=O)C(C1=CCCC=C1)N(C)C. The van der Waals surface area contributed by atoms with Gasteiger partial charge in [0.2, 0.25) is 11.8 Å². The molecule has 59 heavy (non-hydrogen) atoms. The number of nitrogens with one attached hydrogen (secondary N) is 2. The normalized spacial score (nSPS) is 14.6. The van der Waals surface area contributed by atoms with Crippen molar-refractivity contribution in [2.75, 3.05) is 41.3 Å². The number of allylic oxidation sites excluding steroid dienone is 4. The van der Waals surface area contributed by atoms with Crippen LogP contribution in [0.1, 0.15) is 77.9 Å². The van der Waals surface area contributed by atoms with Gasteiger partial charge in [-0.3, -0.25) is 19.4 Å². The summed E-state index contributed by atoms with van der Waals surface area (Å²) in [5.41, 5.74) is 5.74. The Morgan fingerprint density at radius 3 is 1.59 bits per heavy atom. The highest BCUT2D eigenvalue weighted by Gasteiger charge is 2.30. The third-order valence-electron chi connectivity index (χ3n) is 10.3. The summed E-state index contributed by atoms with van der Waals surface area (Å²) in [5, 5.41) is 0. The fraction of sp³-hybridized carbons (Fsp3) is 0.417. The van der Waals surface area contributed by atoms with Gasteiger partial charge in [0, 0.05) is 18.7 Å². The molecule has 4 aromatic rings. The van der Waals surface area contributed by atoms with E-state index in [1.165, 1.54) is 0 Å². The van der Waals surface area contributed by atoms with Gasteiger partial charge in [0.1, 0.15) is 35.2 Å². The zero-order chi connectivity index (χ0) is 42.3. The number of rotatable bonds is 18. The molecule has 2 aromatic heterocycles. The minimum Gasteiger partial charge on any atom is -0.457 e. The van der Waals surface area contributed by atoms with Gasteiger partial charge in [-0.1, -0.05) is 76.3 Å². The van der Waals surface area contributed by atoms with Crippen LogP contribution in [0, 0.1) is 0 Å². The number of aromatic amines is 2. The van der Waals surface area contributed by atoms with Crippen molar-refractivity contribution in [3.05, 3.63) is 120 Å². The lowest BCUT2D eigenvalue weighted by molar-refractivity contribution is -0.136. The average Bonchev–Trinajstić information content (AvgIpc) is 3.92. The van der Waals surface area contributed by atoms with Crippen molar-refractivity contribution < 1.29 is 14.3 Å². The molecule has 0 saturated heterocycles. The molecule has 0 spiro atoms. The molecule has 2 aliphatic carbocycles. The summed E-state index contributed by atoms with van der Waals surface area (Å²) in [7, 11) is 7.84. The van der Waals surface area contributed by atoms with Crippen LogP contribution < -0.4 is 4.74 Å². The molecule has 2 unspecified atom stereocenters. The van der Waals surface area contributed by atoms with Gasteiger partial charge in [0.25, 0.3) is 0 Å². The molecule has 0 bridgehead atoms. The molecule has 2 amide bonds. The fourth-order valence-corrected chi connectivity index (χ4v) is 7.52. The predicted octanol–water partition coefficient (Wildman–Crippen LogP) is 9.18. The molecule has 2 heterocycles. The maximum absolute atomic E-state index is 13.9. The number of imidazole rings is 2. The number of benzene rings is 2. The molecule has 0 saturated carbocycles. The molecular weight excluding hydrogens is 737 g/mol. The van der Waals surface area contributed by atoms with Crippen molar-refractivity contribution in [1.82, 2.24) is 39.5 Å². The fourth-order valence-electron chi connectivity index (χ4n) is 7.52. The number of hydrogen-bond acceptors (Lipinski definition) is 7. The van der Waals surface area contributed by atoms with Crippen LogP contribution in [0.5, 0.6) is 11.5 Å². The minimum atomic E-state index is -0.329. The van der Waals surface area contributed by atoms with Crippen LogP contribution in [-0.2, 0) is 22.7 Å². The first-order valence-corrected chi connectivity index (χ1v) is 21.2. The number of likely N-dealkylation sites (N-methyl/N-ethyl adjacent to an activating group) is 2. The molecular formula is C48H64N8O3. The van der Waals surface area contributed by atoms with E-state index in [2.05, 4.69) is 70.2 Å². The Morgan fingerprint density at radius 1 is 0.661 bits per heavy atom. The average molecular weight is 801 g/mol. The monoisotopic (exact) mass is 801 g/mol. The van der Waals surface area contributed by atoms with Crippen molar-refractivity contribution in [3.8, 4) is 34.0 Å². The number of H-pyrrole nitrogens is 2. The Kier molecular flexibility index (Phi) is 16.6.